The lowest BCUT2D eigenvalue weighted by atomic mass is 10.0. The maximum absolute atomic E-state index is 13.8. The molecule has 1 heterocycles. The highest BCUT2D eigenvalue weighted by Crippen LogP contribution is 2.22. The van der Waals surface area contributed by atoms with Gasteiger partial charge in [0.25, 0.3) is 0 Å². The van der Waals surface area contributed by atoms with E-state index in [2.05, 4.69) is 30.1 Å². The molecule has 1 fully saturated rings. The molecule has 2 atom stereocenters. The van der Waals surface area contributed by atoms with Gasteiger partial charge in [-0.3, -0.25) is 4.90 Å². The SMILES string of the molecule is CCNC(CCN1CCSCC1C)c1ccc(C)c(F)c1. The molecule has 0 aliphatic carbocycles. The van der Waals surface area contributed by atoms with Gasteiger partial charge in [0.05, 0.1) is 0 Å². The maximum Gasteiger partial charge on any atom is 0.126 e. The second kappa shape index (κ2) is 8.16. The van der Waals surface area contributed by atoms with Crippen LogP contribution in [0.15, 0.2) is 18.2 Å². The van der Waals surface area contributed by atoms with Crippen LogP contribution in [0.3, 0.4) is 0 Å². The van der Waals surface area contributed by atoms with Crippen molar-refractivity contribution in [2.45, 2.75) is 39.3 Å². The number of nitrogens with zero attached hydrogens (tertiary/aromatic N) is 1. The molecule has 0 saturated carbocycles. The molecule has 1 aliphatic rings. The summed E-state index contributed by atoms with van der Waals surface area (Å²) in [6.07, 6.45) is 1.03. The number of nitrogens with one attached hydrogen (secondary N) is 1. The molecule has 0 bridgehead atoms. The van der Waals surface area contributed by atoms with E-state index in [0.29, 0.717) is 6.04 Å². The van der Waals surface area contributed by atoms with Gasteiger partial charge in [0.2, 0.25) is 0 Å². The van der Waals surface area contributed by atoms with Crippen molar-refractivity contribution < 1.29 is 4.39 Å². The maximum atomic E-state index is 13.8. The minimum Gasteiger partial charge on any atom is -0.310 e. The number of hydrogen-bond donors (Lipinski definition) is 1. The van der Waals surface area contributed by atoms with Crippen molar-refractivity contribution in [3.8, 4) is 0 Å². The molecule has 0 aromatic heterocycles. The summed E-state index contributed by atoms with van der Waals surface area (Å²) in [5.74, 6) is 2.36. The van der Waals surface area contributed by atoms with Crippen LogP contribution in [0.5, 0.6) is 0 Å². The first-order valence-corrected chi connectivity index (χ1v) is 9.08. The Morgan fingerprint density at radius 3 is 2.95 bits per heavy atom. The number of halogens is 1. The Balaban J connectivity index is 1.99. The van der Waals surface area contributed by atoms with Gasteiger partial charge < -0.3 is 5.32 Å². The van der Waals surface area contributed by atoms with E-state index in [1.807, 2.05) is 24.8 Å². The van der Waals surface area contributed by atoms with Gasteiger partial charge in [0, 0.05) is 36.7 Å². The first kappa shape index (κ1) is 16.8. The van der Waals surface area contributed by atoms with Gasteiger partial charge >= 0.3 is 0 Å². The summed E-state index contributed by atoms with van der Waals surface area (Å²) in [5, 5.41) is 3.50. The van der Waals surface area contributed by atoms with Crippen LogP contribution >= 0.6 is 11.8 Å². The number of aryl methyl sites for hydroxylation is 1. The average molecular weight is 310 g/mol. The molecular weight excluding hydrogens is 283 g/mol. The van der Waals surface area contributed by atoms with Crippen LogP contribution < -0.4 is 5.32 Å². The molecule has 1 saturated heterocycles. The average Bonchev–Trinajstić information content (AvgIpc) is 2.48. The van der Waals surface area contributed by atoms with E-state index < -0.39 is 0 Å². The molecule has 2 unspecified atom stereocenters. The molecule has 1 aromatic carbocycles. The summed E-state index contributed by atoms with van der Waals surface area (Å²) in [4.78, 5) is 2.56. The first-order valence-electron chi connectivity index (χ1n) is 7.93. The molecule has 21 heavy (non-hydrogen) atoms. The zero-order valence-corrected chi connectivity index (χ0v) is 14.2. The first-order chi connectivity index (χ1) is 10.1. The number of benzene rings is 1. The van der Waals surface area contributed by atoms with Crippen LogP contribution in [0.25, 0.3) is 0 Å². The molecule has 0 radical (unpaired) electrons. The predicted octanol–water partition coefficient (Wildman–Crippen LogP) is 3.61. The third-order valence-corrected chi connectivity index (χ3v) is 5.45. The Bertz CT molecular complexity index is 452. The second-order valence-electron chi connectivity index (χ2n) is 5.87. The standard InChI is InChI=1S/C17H27FN2S/c1-4-19-17(15-6-5-13(2)16(18)11-15)7-8-20-9-10-21-12-14(20)3/h5-6,11,14,17,19H,4,7-10,12H2,1-3H3. The van der Waals surface area contributed by atoms with E-state index in [0.717, 1.165) is 30.6 Å². The Morgan fingerprint density at radius 2 is 2.29 bits per heavy atom. The van der Waals surface area contributed by atoms with Gasteiger partial charge in [-0.1, -0.05) is 19.1 Å². The summed E-state index contributed by atoms with van der Waals surface area (Å²) in [7, 11) is 0. The molecule has 2 nitrogen and oxygen atoms in total. The van der Waals surface area contributed by atoms with Gasteiger partial charge in [-0.15, -0.1) is 0 Å². The summed E-state index contributed by atoms with van der Waals surface area (Å²) in [6, 6.07) is 6.53. The lowest BCUT2D eigenvalue weighted by Gasteiger charge is -2.34. The predicted molar refractivity (Wildman–Crippen MR) is 90.5 cm³/mol. The molecule has 1 aliphatic heterocycles. The van der Waals surface area contributed by atoms with E-state index >= 15 is 0 Å². The minimum atomic E-state index is -0.0989. The van der Waals surface area contributed by atoms with Crippen molar-refractivity contribution in [2.75, 3.05) is 31.1 Å². The van der Waals surface area contributed by atoms with Gasteiger partial charge in [0.15, 0.2) is 0 Å². The molecule has 1 aromatic rings. The molecule has 0 amide bonds. The van der Waals surface area contributed by atoms with Gasteiger partial charge in [-0.2, -0.15) is 11.8 Å². The Hall–Kier alpha value is -0.580. The van der Waals surface area contributed by atoms with Gasteiger partial charge in [-0.25, -0.2) is 4.39 Å². The zero-order valence-electron chi connectivity index (χ0n) is 13.4. The van der Waals surface area contributed by atoms with Crippen LogP contribution in [-0.2, 0) is 0 Å². The summed E-state index contributed by atoms with van der Waals surface area (Å²) in [5.41, 5.74) is 1.79. The minimum absolute atomic E-state index is 0.0989. The summed E-state index contributed by atoms with van der Waals surface area (Å²) >= 11 is 2.04. The summed E-state index contributed by atoms with van der Waals surface area (Å²) < 4.78 is 13.8. The molecule has 2 rings (SSSR count). The van der Waals surface area contributed by atoms with Crippen LogP contribution in [0.2, 0.25) is 0 Å². The molecule has 4 heteroatoms. The fourth-order valence-corrected chi connectivity index (χ4v) is 3.93. The third kappa shape index (κ3) is 4.70. The van der Waals surface area contributed by atoms with Crippen LogP contribution in [-0.4, -0.2) is 42.1 Å². The van der Waals surface area contributed by atoms with Gasteiger partial charge in [-0.05, 0) is 44.0 Å². The smallest absolute Gasteiger partial charge is 0.126 e. The van der Waals surface area contributed by atoms with E-state index in [1.165, 1.54) is 18.1 Å². The van der Waals surface area contributed by atoms with Crippen molar-refractivity contribution >= 4 is 11.8 Å². The molecular formula is C17H27FN2S. The van der Waals surface area contributed by atoms with E-state index in [4.69, 9.17) is 0 Å². The molecule has 1 N–H and O–H groups in total. The Kier molecular flexibility index (Phi) is 6.52. The summed E-state index contributed by atoms with van der Waals surface area (Å²) in [6.45, 7) is 9.39. The van der Waals surface area contributed by atoms with E-state index in [1.54, 1.807) is 6.07 Å². The van der Waals surface area contributed by atoms with Crippen molar-refractivity contribution in [1.29, 1.82) is 0 Å². The lowest BCUT2D eigenvalue weighted by Crippen LogP contribution is -2.41. The van der Waals surface area contributed by atoms with Crippen molar-refractivity contribution in [2.24, 2.45) is 0 Å². The zero-order chi connectivity index (χ0) is 15.2. The fourth-order valence-electron chi connectivity index (χ4n) is 2.85. The van der Waals surface area contributed by atoms with Crippen LogP contribution in [0.1, 0.15) is 37.4 Å². The fraction of sp³-hybridized carbons (Fsp3) is 0.647. The molecule has 118 valence electrons. The Morgan fingerprint density at radius 1 is 1.48 bits per heavy atom. The van der Waals surface area contributed by atoms with E-state index in [9.17, 15) is 4.39 Å². The van der Waals surface area contributed by atoms with Crippen molar-refractivity contribution in [3.05, 3.63) is 35.1 Å². The third-order valence-electron chi connectivity index (χ3n) is 4.26. The number of hydrogen-bond acceptors (Lipinski definition) is 3. The quantitative estimate of drug-likeness (QED) is 0.864. The van der Waals surface area contributed by atoms with Crippen molar-refractivity contribution in [3.63, 3.8) is 0 Å². The number of thioether (sulfide) groups is 1. The van der Waals surface area contributed by atoms with Gasteiger partial charge in [0.1, 0.15) is 5.82 Å². The largest absolute Gasteiger partial charge is 0.310 e. The normalized spacial score (nSPS) is 21.4. The highest BCUT2D eigenvalue weighted by molar-refractivity contribution is 7.99. The monoisotopic (exact) mass is 310 g/mol. The highest BCUT2D eigenvalue weighted by atomic mass is 32.2. The van der Waals surface area contributed by atoms with Crippen LogP contribution in [0, 0.1) is 12.7 Å². The lowest BCUT2D eigenvalue weighted by molar-refractivity contribution is 0.219. The van der Waals surface area contributed by atoms with Crippen LogP contribution in [0.4, 0.5) is 4.39 Å². The second-order valence-corrected chi connectivity index (χ2v) is 7.02. The number of rotatable bonds is 6. The highest BCUT2D eigenvalue weighted by Gasteiger charge is 2.20. The molecule has 0 spiro atoms. The van der Waals surface area contributed by atoms with Crippen molar-refractivity contribution in [1.82, 2.24) is 10.2 Å². The topological polar surface area (TPSA) is 15.3 Å². The Labute approximate surface area is 132 Å². The van der Waals surface area contributed by atoms with E-state index in [-0.39, 0.29) is 11.9 Å².